The summed E-state index contributed by atoms with van der Waals surface area (Å²) in [5, 5.41) is 7.15. The molecule has 1 N–H and O–H groups in total. The van der Waals surface area contributed by atoms with Crippen molar-refractivity contribution in [2.24, 2.45) is 5.92 Å². The van der Waals surface area contributed by atoms with Crippen LogP contribution in [0.1, 0.15) is 31.0 Å². The van der Waals surface area contributed by atoms with Crippen molar-refractivity contribution in [1.29, 1.82) is 0 Å². The molecule has 1 atom stereocenters. The highest BCUT2D eigenvalue weighted by molar-refractivity contribution is 7.88. The van der Waals surface area contributed by atoms with Crippen LogP contribution in [0, 0.1) is 5.92 Å². The van der Waals surface area contributed by atoms with Crippen LogP contribution in [0.3, 0.4) is 0 Å². The van der Waals surface area contributed by atoms with Gasteiger partial charge < -0.3 is 5.32 Å². The van der Waals surface area contributed by atoms with Gasteiger partial charge in [0.15, 0.2) is 0 Å². The first-order valence-electron chi connectivity index (χ1n) is 7.17. The monoisotopic (exact) mass is 312 g/mol. The Morgan fingerprint density at radius 3 is 2.90 bits per heavy atom. The lowest BCUT2D eigenvalue weighted by atomic mass is 10.2. The van der Waals surface area contributed by atoms with Crippen LogP contribution in [-0.4, -0.2) is 47.8 Å². The molecule has 0 aromatic carbocycles. The van der Waals surface area contributed by atoms with Crippen LogP contribution in [-0.2, 0) is 21.4 Å². The van der Waals surface area contributed by atoms with Gasteiger partial charge in [-0.05, 0) is 24.8 Å². The normalized spacial score (nSPS) is 22.8. The number of rotatable bonds is 5. The number of nitrogens with zero attached hydrogens (tertiary/aromatic N) is 3. The van der Waals surface area contributed by atoms with Gasteiger partial charge in [0, 0.05) is 25.7 Å². The largest absolute Gasteiger partial charge is 0.354 e. The molecule has 0 bridgehead atoms. The fraction of sp³-hybridized carbons (Fsp3) is 0.692. The molecule has 0 saturated heterocycles. The number of nitrogens with one attached hydrogen (secondary N) is 1. The third-order valence-electron chi connectivity index (χ3n) is 4.03. The van der Waals surface area contributed by atoms with Gasteiger partial charge in [-0.1, -0.05) is 0 Å². The summed E-state index contributed by atoms with van der Waals surface area (Å²) in [6, 6.07) is 1.66. The van der Waals surface area contributed by atoms with E-state index in [0.29, 0.717) is 32.0 Å². The van der Waals surface area contributed by atoms with Crippen molar-refractivity contribution < 1.29 is 13.2 Å². The number of sulfonamides is 1. The standard InChI is InChI=1S/C13H20N4O3S/c1-21(19,20)16-8-11-4-5-15-17(11)12(9-16)7-14-13(18)6-10-2-3-10/h4-5,10,12H,2-3,6-9H2,1H3,(H,14,18)/t12-/m0/s1. The zero-order chi connectivity index (χ0) is 15.0. The fourth-order valence-corrected chi connectivity index (χ4v) is 3.45. The Morgan fingerprint density at radius 1 is 1.48 bits per heavy atom. The Balaban J connectivity index is 1.67. The maximum atomic E-state index is 11.8. The quantitative estimate of drug-likeness (QED) is 0.837. The Kier molecular flexibility index (Phi) is 3.75. The van der Waals surface area contributed by atoms with Gasteiger partial charge in [0.1, 0.15) is 0 Å². The summed E-state index contributed by atoms with van der Waals surface area (Å²) in [4.78, 5) is 11.8. The van der Waals surface area contributed by atoms with Gasteiger partial charge in [0.05, 0.1) is 24.5 Å². The molecule has 1 aromatic heterocycles. The van der Waals surface area contributed by atoms with E-state index in [2.05, 4.69) is 10.4 Å². The van der Waals surface area contributed by atoms with Crippen LogP contribution < -0.4 is 5.32 Å². The van der Waals surface area contributed by atoms with Crippen molar-refractivity contribution >= 4 is 15.9 Å². The predicted molar refractivity (Wildman–Crippen MR) is 76.9 cm³/mol. The van der Waals surface area contributed by atoms with E-state index in [-0.39, 0.29) is 11.9 Å². The van der Waals surface area contributed by atoms with Gasteiger partial charge >= 0.3 is 0 Å². The van der Waals surface area contributed by atoms with Gasteiger partial charge in [-0.2, -0.15) is 9.40 Å². The van der Waals surface area contributed by atoms with E-state index < -0.39 is 10.0 Å². The van der Waals surface area contributed by atoms with Gasteiger partial charge in [0.25, 0.3) is 0 Å². The van der Waals surface area contributed by atoms with E-state index in [9.17, 15) is 13.2 Å². The third kappa shape index (κ3) is 3.44. The number of carbonyl (C=O) groups excluding carboxylic acids is 1. The van der Waals surface area contributed by atoms with Crippen LogP contribution in [0.5, 0.6) is 0 Å². The number of hydrogen-bond acceptors (Lipinski definition) is 4. The SMILES string of the molecule is CS(=O)(=O)N1Cc2ccnn2[C@@H](CNC(=O)CC2CC2)C1. The van der Waals surface area contributed by atoms with Gasteiger partial charge in [-0.15, -0.1) is 0 Å². The summed E-state index contributed by atoms with van der Waals surface area (Å²) >= 11 is 0. The van der Waals surface area contributed by atoms with Crippen molar-refractivity contribution in [1.82, 2.24) is 19.4 Å². The first-order chi connectivity index (χ1) is 9.93. The molecule has 8 heteroatoms. The minimum atomic E-state index is -3.25. The average Bonchev–Trinajstić information content (AvgIpc) is 3.08. The highest BCUT2D eigenvalue weighted by Crippen LogP contribution is 2.32. The lowest BCUT2D eigenvalue weighted by molar-refractivity contribution is -0.121. The molecule has 1 fully saturated rings. The first-order valence-corrected chi connectivity index (χ1v) is 9.02. The second kappa shape index (κ2) is 5.42. The molecule has 1 aliphatic heterocycles. The molecule has 0 spiro atoms. The van der Waals surface area contributed by atoms with Crippen molar-refractivity contribution in [3.05, 3.63) is 18.0 Å². The Labute approximate surface area is 124 Å². The molecule has 3 rings (SSSR count). The molecule has 2 heterocycles. The molecule has 21 heavy (non-hydrogen) atoms. The van der Waals surface area contributed by atoms with E-state index in [4.69, 9.17) is 0 Å². The van der Waals surface area contributed by atoms with E-state index >= 15 is 0 Å². The second-order valence-corrected chi connectivity index (χ2v) is 7.91. The molecular weight excluding hydrogens is 292 g/mol. The summed E-state index contributed by atoms with van der Waals surface area (Å²) < 4.78 is 26.8. The van der Waals surface area contributed by atoms with Crippen LogP contribution in [0.25, 0.3) is 0 Å². The van der Waals surface area contributed by atoms with Gasteiger partial charge in [0.2, 0.25) is 15.9 Å². The molecule has 2 aliphatic rings. The smallest absolute Gasteiger partial charge is 0.220 e. The van der Waals surface area contributed by atoms with Crippen LogP contribution in [0.15, 0.2) is 12.3 Å². The molecule has 7 nitrogen and oxygen atoms in total. The van der Waals surface area contributed by atoms with Crippen LogP contribution >= 0.6 is 0 Å². The van der Waals surface area contributed by atoms with Gasteiger partial charge in [-0.3, -0.25) is 9.48 Å². The lowest BCUT2D eigenvalue weighted by Crippen LogP contribution is -2.44. The molecular formula is C13H20N4O3S. The zero-order valence-electron chi connectivity index (χ0n) is 12.0. The minimum absolute atomic E-state index is 0.0442. The Morgan fingerprint density at radius 2 is 2.24 bits per heavy atom. The second-order valence-electron chi connectivity index (χ2n) is 5.93. The topological polar surface area (TPSA) is 84.3 Å². The van der Waals surface area contributed by atoms with Crippen LogP contribution in [0.4, 0.5) is 0 Å². The summed E-state index contributed by atoms with van der Waals surface area (Å²) in [5.74, 6) is 0.590. The number of carbonyl (C=O) groups is 1. The number of hydrogen-bond donors (Lipinski definition) is 1. The Bertz CT molecular complexity index is 636. The van der Waals surface area contributed by atoms with E-state index in [0.717, 1.165) is 18.5 Å². The van der Waals surface area contributed by atoms with Crippen LogP contribution in [0.2, 0.25) is 0 Å². The molecule has 1 amide bonds. The van der Waals surface area contributed by atoms with Crippen molar-refractivity contribution in [2.75, 3.05) is 19.3 Å². The fourth-order valence-electron chi connectivity index (χ4n) is 2.64. The van der Waals surface area contributed by atoms with Gasteiger partial charge in [-0.25, -0.2) is 8.42 Å². The number of fused-ring (bicyclic) bond motifs is 1. The van der Waals surface area contributed by atoms with E-state index in [1.807, 2.05) is 10.7 Å². The summed E-state index contributed by atoms with van der Waals surface area (Å²) in [6.07, 6.45) is 5.74. The molecule has 116 valence electrons. The molecule has 1 saturated carbocycles. The molecule has 1 aromatic rings. The highest BCUT2D eigenvalue weighted by atomic mass is 32.2. The average molecular weight is 312 g/mol. The minimum Gasteiger partial charge on any atom is -0.354 e. The molecule has 0 radical (unpaired) electrons. The maximum Gasteiger partial charge on any atom is 0.220 e. The first kappa shape index (κ1) is 14.5. The number of amides is 1. The predicted octanol–water partition coefficient (Wildman–Crippen LogP) is 0.116. The number of aromatic nitrogens is 2. The highest BCUT2D eigenvalue weighted by Gasteiger charge is 2.31. The van der Waals surface area contributed by atoms with Crippen molar-refractivity contribution in [3.8, 4) is 0 Å². The lowest BCUT2D eigenvalue weighted by Gasteiger charge is -2.32. The summed E-state index contributed by atoms with van der Waals surface area (Å²) in [7, 11) is -3.25. The summed E-state index contributed by atoms with van der Waals surface area (Å²) in [6.45, 7) is 1.09. The molecule has 0 unspecified atom stereocenters. The molecule has 1 aliphatic carbocycles. The van der Waals surface area contributed by atoms with Crippen molar-refractivity contribution in [3.63, 3.8) is 0 Å². The maximum absolute atomic E-state index is 11.8. The summed E-state index contributed by atoms with van der Waals surface area (Å²) in [5.41, 5.74) is 0.855. The zero-order valence-corrected chi connectivity index (χ0v) is 12.8. The van der Waals surface area contributed by atoms with E-state index in [1.54, 1.807) is 6.20 Å². The third-order valence-corrected chi connectivity index (χ3v) is 5.24. The van der Waals surface area contributed by atoms with Crippen molar-refractivity contribution in [2.45, 2.75) is 31.8 Å². The van der Waals surface area contributed by atoms with E-state index in [1.165, 1.54) is 10.6 Å². The Hall–Kier alpha value is -1.41.